The maximum atomic E-state index is 11.3. The second-order valence-corrected chi connectivity index (χ2v) is 5.18. The highest BCUT2D eigenvalue weighted by molar-refractivity contribution is 7.51. The summed E-state index contributed by atoms with van der Waals surface area (Å²) in [4.78, 5) is 28.5. The maximum Gasteiger partial charge on any atom is 0.325 e. The number of anilines is 1. The summed E-state index contributed by atoms with van der Waals surface area (Å²) in [6.45, 7) is 0. The van der Waals surface area contributed by atoms with Crippen molar-refractivity contribution in [1.29, 1.82) is 0 Å². The Bertz CT molecular complexity index is 387. The zero-order valence-electron chi connectivity index (χ0n) is 8.67. The zero-order valence-corrected chi connectivity index (χ0v) is 9.56. The number of nitrogens with one attached hydrogen (secondary N) is 1. The van der Waals surface area contributed by atoms with E-state index < -0.39 is 7.60 Å². The van der Waals surface area contributed by atoms with Crippen LogP contribution < -0.4 is 5.32 Å². The van der Waals surface area contributed by atoms with Gasteiger partial charge in [-0.1, -0.05) is 18.2 Å². The van der Waals surface area contributed by atoms with E-state index in [4.69, 9.17) is 9.79 Å². The highest BCUT2D eigenvalue weighted by Gasteiger charge is 2.13. The van der Waals surface area contributed by atoms with Gasteiger partial charge in [-0.05, 0) is 18.6 Å². The van der Waals surface area contributed by atoms with Crippen molar-refractivity contribution >= 4 is 19.2 Å². The molecule has 1 rings (SSSR count). The summed E-state index contributed by atoms with van der Waals surface area (Å²) in [5.74, 6) is -0.236. The molecule has 0 aromatic heterocycles. The van der Waals surface area contributed by atoms with Crippen LogP contribution in [0.15, 0.2) is 30.3 Å². The molecule has 0 unspecified atom stereocenters. The van der Waals surface area contributed by atoms with Gasteiger partial charge in [0.15, 0.2) is 0 Å². The van der Waals surface area contributed by atoms with Crippen LogP contribution in [0, 0.1) is 0 Å². The highest BCUT2D eigenvalue weighted by atomic mass is 31.2. The molecule has 0 spiro atoms. The molecule has 0 saturated carbocycles. The molecule has 5 nitrogen and oxygen atoms in total. The smallest absolute Gasteiger partial charge is 0.325 e. The molecule has 1 amide bonds. The van der Waals surface area contributed by atoms with Crippen molar-refractivity contribution in [3.05, 3.63) is 30.3 Å². The SMILES string of the molecule is O=C(CCCP(=O)(O)O)Nc1ccccc1. The van der Waals surface area contributed by atoms with Crippen LogP contribution in [0.2, 0.25) is 0 Å². The van der Waals surface area contributed by atoms with Crippen molar-refractivity contribution in [1.82, 2.24) is 0 Å². The quantitative estimate of drug-likeness (QED) is 0.685. The first-order valence-electron chi connectivity index (χ1n) is 4.87. The number of carbonyl (C=O) groups excluding carboxylic acids is 1. The van der Waals surface area contributed by atoms with Crippen LogP contribution in [0.4, 0.5) is 5.69 Å². The lowest BCUT2D eigenvalue weighted by molar-refractivity contribution is -0.116. The Morgan fingerprint density at radius 1 is 1.25 bits per heavy atom. The summed E-state index contributed by atoms with van der Waals surface area (Å²) in [5.41, 5.74) is 0.684. The molecule has 0 aliphatic carbocycles. The standard InChI is InChI=1S/C10H14NO4P/c12-10(7-4-8-16(13,14)15)11-9-5-2-1-3-6-9/h1-3,5-6H,4,7-8H2,(H,11,12)(H2,13,14,15). The molecule has 1 aromatic carbocycles. The molecule has 16 heavy (non-hydrogen) atoms. The average Bonchev–Trinajstić information content (AvgIpc) is 2.17. The third kappa shape index (κ3) is 5.66. The van der Waals surface area contributed by atoms with Crippen molar-refractivity contribution in [2.24, 2.45) is 0 Å². The second-order valence-electron chi connectivity index (χ2n) is 3.41. The predicted octanol–water partition coefficient (Wildman–Crippen LogP) is 1.58. The van der Waals surface area contributed by atoms with Gasteiger partial charge in [-0.25, -0.2) is 0 Å². The number of hydrogen-bond donors (Lipinski definition) is 3. The molecular weight excluding hydrogens is 229 g/mol. The fourth-order valence-electron chi connectivity index (χ4n) is 1.19. The van der Waals surface area contributed by atoms with E-state index in [1.54, 1.807) is 24.3 Å². The van der Waals surface area contributed by atoms with E-state index in [0.717, 1.165) is 0 Å². The summed E-state index contributed by atoms with van der Waals surface area (Å²) in [6.07, 6.45) is 0.0398. The Hall–Kier alpha value is -1.16. The monoisotopic (exact) mass is 243 g/mol. The van der Waals surface area contributed by atoms with Gasteiger partial charge in [0.1, 0.15) is 0 Å². The number of amides is 1. The second kappa shape index (κ2) is 5.80. The number of rotatable bonds is 5. The largest absolute Gasteiger partial charge is 0.326 e. The minimum atomic E-state index is -3.98. The Labute approximate surface area is 93.7 Å². The highest BCUT2D eigenvalue weighted by Crippen LogP contribution is 2.35. The van der Waals surface area contributed by atoms with Crippen LogP contribution >= 0.6 is 7.60 Å². The zero-order chi connectivity index (χ0) is 12.0. The Kier molecular flexibility index (Phi) is 4.68. The number of hydrogen-bond acceptors (Lipinski definition) is 2. The summed E-state index contributed by atoms with van der Waals surface area (Å²) >= 11 is 0. The van der Waals surface area contributed by atoms with Crippen molar-refractivity contribution in [3.8, 4) is 0 Å². The molecule has 0 heterocycles. The van der Waals surface area contributed by atoms with Gasteiger partial charge in [0, 0.05) is 12.1 Å². The maximum absolute atomic E-state index is 11.3. The Morgan fingerprint density at radius 3 is 2.44 bits per heavy atom. The van der Waals surface area contributed by atoms with Gasteiger partial charge in [0.2, 0.25) is 5.91 Å². The van der Waals surface area contributed by atoms with Crippen molar-refractivity contribution in [2.75, 3.05) is 11.5 Å². The Balaban J connectivity index is 2.30. The molecule has 0 aliphatic rings. The van der Waals surface area contributed by atoms with Gasteiger partial charge in [0.25, 0.3) is 0 Å². The minimum Gasteiger partial charge on any atom is -0.326 e. The van der Waals surface area contributed by atoms with Gasteiger partial charge in [0.05, 0.1) is 6.16 Å². The molecule has 0 aliphatic heterocycles. The first kappa shape index (κ1) is 12.9. The normalized spacial score (nSPS) is 11.1. The van der Waals surface area contributed by atoms with E-state index in [2.05, 4.69) is 5.32 Å². The molecule has 0 radical (unpaired) electrons. The topological polar surface area (TPSA) is 86.6 Å². The minimum absolute atomic E-state index is 0.111. The predicted molar refractivity (Wildman–Crippen MR) is 61.2 cm³/mol. The fraction of sp³-hybridized carbons (Fsp3) is 0.300. The van der Waals surface area contributed by atoms with Gasteiger partial charge in [-0.2, -0.15) is 0 Å². The lowest BCUT2D eigenvalue weighted by Gasteiger charge is -2.05. The Morgan fingerprint density at radius 2 is 1.88 bits per heavy atom. The van der Waals surface area contributed by atoms with Crippen LogP contribution in [0.1, 0.15) is 12.8 Å². The first-order valence-corrected chi connectivity index (χ1v) is 6.66. The number of benzene rings is 1. The first-order chi connectivity index (χ1) is 7.47. The molecule has 1 aromatic rings. The van der Waals surface area contributed by atoms with Crippen LogP contribution in [0.25, 0.3) is 0 Å². The number of para-hydroxylation sites is 1. The van der Waals surface area contributed by atoms with E-state index in [9.17, 15) is 9.36 Å². The number of carbonyl (C=O) groups is 1. The lowest BCUT2D eigenvalue weighted by Crippen LogP contribution is -2.11. The van der Waals surface area contributed by atoms with Crippen LogP contribution in [-0.2, 0) is 9.36 Å². The van der Waals surface area contributed by atoms with Crippen LogP contribution in [0.5, 0.6) is 0 Å². The van der Waals surface area contributed by atoms with Gasteiger partial charge >= 0.3 is 7.60 Å². The third-order valence-corrected chi connectivity index (χ3v) is 2.81. The molecule has 0 fully saturated rings. The molecule has 0 atom stereocenters. The van der Waals surface area contributed by atoms with Crippen LogP contribution in [0.3, 0.4) is 0 Å². The molecule has 88 valence electrons. The van der Waals surface area contributed by atoms with Crippen LogP contribution in [-0.4, -0.2) is 21.9 Å². The van der Waals surface area contributed by atoms with E-state index in [0.29, 0.717) is 5.69 Å². The molecule has 3 N–H and O–H groups in total. The van der Waals surface area contributed by atoms with E-state index >= 15 is 0 Å². The lowest BCUT2D eigenvalue weighted by atomic mass is 10.3. The molecule has 6 heteroatoms. The molecule has 0 saturated heterocycles. The average molecular weight is 243 g/mol. The summed E-state index contributed by atoms with van der Waals surface area (Å²) in [6, 6.07) is 8.93. The van der Waals surface area contributed by atoms with E-state index in [1.165, 1.54) is 0 Å². The van der Waals surface area contributed by atoms with Gasteiger partial charge in [-0.3, -0.25) is 9.36 Å². The third-order valence-electron chi connectivity index (χ3n) is 1.91. The molecular formula is C10H14NO4P. The fourth-order valence-corrected chi connectivity index (χ4v) is 1.76. The summed E-state index contributed by atoms with van der Waals surface area (Å²) < 4.78 is 10.5. The molecule has 0 bridgehead atoms. The van der Waals surface area contributed by atoms with Gasteiger partial charge in [-0.15, -0.1) is 0 Å². The summed E-state index contributed by atoms with van der Waals surface area (Å²) in [7, 11) is -3.98. The van der Waals surface area contributed by atoms with Crippen molar-refractivity contribution < 1.29 is 19.1 Å². The van der Waals surface area contributed by atoms with Crippen molar-refractivity contribution in [3.63, 3.8) is 0 Å². The van der Waals surface area contributed by atoms with Crippen molar-refractivity contribution in [2.45, 2.75) is 12.8 Å². The summed E-state index contributed by atoms with van der Waals surface area (Å²) in [5, 5.41) is 2.64. The van der Waals surface area contributed by atoms with E-state index in [1.807, 2.05) is 6.07 Å². The van der Waals surface area contributed by atoms with E-state index in [-0.39, 0.29) is 24.9 Å². The van der Waals surface area contributed by atoms with Gasteiger partial charge < -0.3 is 15.1 Å².